The first kappa shape index (κ1) is 18.4. The first-order valence-electron chi connectivity index (χ1n) is 8.01. The number of halogens is 1. The Balaban J connectivity index is 2.22. The summed E-state index contributed by atoms with van der Waals surface area (Å²) >= 11 is 5.35. The fourth-order valence-electron chi connectivity index (χ4n) is 2.44. The fraction of sp³-hybridized carbons (Fsp3) is 0.316. The van der Waals surface area contributed by atoms with Crippen LogP contribution in [0.1, 0.15) is 29.7 Å². The highest BCUT2D eigenvalue weighted by molar-refractivity contribution is 7.80. The Hall–Kier alpha value is -1.98. The summed E-state index contributed by atoms with van der Waals surface area (Å²) < 4.78 is 18.7. The predicted molar refractivity (Wildman–Crippen MR) is 99.7 cm³/mol. The molecule has 5 heteroatoms. The molecular weight excluding hydrogens is 323 g/mol. The fourth-order valence-corrected chi connectivity index (χ4v) is 2.66. The van der Waals surface area contributed by atoms with Crippen LogP contribution in [0, 0.1) is 5.82 Å². The van der Waals surface area contributed by atoms with Crippen molar-refractivity contribution in [3.63, 3.8) is 0 Å². The number of hydrogen-bond donors (Lipinski definition) is 2. The number of aryl methyl sites for hydroxylation is 1. The molecule has 0 unspecified atom stereocenters. The summed E-state index contributed by atoms with van der Waals surface area (Å²) in [6.07, 6.45) is 0.981. The molecule has 0 saturated heterocycles. The van der Waals surface area contributed by atoms with Gasteiger partial charge in [0, 0.05) is 13.7 Å². The third-order valence-electron chi connectivity index (χ3n) is 3.77. The summed E-state index contributed by atoms with van der Waals surface area (Å²) in [6, 6.07) is 14.6. The summed E-state index contributed by atoms with van der Waals surface area (Å²) in [5.74, 6) is -0.261. The number of rotatable bonds is 7. The van der Waals surface area contributed by atoms with Crippen molar-refractivity contribution < 1.29 is 9.13 Å². The third kappa shape index (κ3) is 5.28. The largest absolute Gasteiger partial charge is 0.383 e. The number of thiocarbonyl (C=S) groups is 1. The lowest BCUT2D eigenvalue weighted by molar-refractivity contribution is 0.204. The zero-order valence-corrected chi connectivity index (χ0v) is 14.8. The van der Waals surface area contributed by atoms with E-state index in [0.717, 1.165) is 17.5 Å². The van der Waals surface area contributed by atoms with Gasteiger partial charge in [0.1, 0.15) is 5.82 Å². The monoisotopic (exact) mass is 346 g/mol. The third-order valence-corrected chi connectivity index (χ3v) is 4.03. The van der Waals surface area contributed by atoms with E-state index in [1.165, 1.54) is 17.7 Å². The van der Waals surface area contributed by atoms with E-state index in [-0.39, 0.29) is 11.9 Å². The van der Waals surface area contributed by atoms with Crippen molar-refractivity contribution in [2.24, 2.45) is 0 Å². The van der Waals surface area contributed by atoms with Gasteiger partial charge in [0.15, 0.2) is 5.11 Å². The van der Waals surface area contributed by atoms with Gasteiger partial charge in [-0.15, -0.1) is 0 Å². The molecule has 1 atom stereocenters. The van der Waals surface area contributed by atoms with Crippen LogP contribution in [0.4, 0.5) is 4.39 Å². The summed E-state index contributed by atoms with van der Waals surface area (Å²) in [4.78, 5) is 0. The van der Waals surface area contributed by atoms with Gasteiger partial charge in [0.05, 0.1) is 12.6 Å². The SMILES string of the molecule is CCc1ccc([C@@H](NC(=S)NCCOC)c2cccc(F)c2)cc1. The normalized spacial score (nSPS) is 11.8. The van der Waals surface area contributed by atoms with Crippen molar-refractivity contribution >= 4 is 17.3 Å². The summed E-state index contributed by atoms with van der Waals surface area (Å²) in [7, 11) is 1.64. The standard InChI is InChI=1S/C19H23FN2OS/c1-3-14-7-9-15(10-8-14)18(16-5-4-6-17(20)13-16)22-19(24)21-11-12-23-2/h4-10,13,18H,3,11-12H2,1-2H3,(H2,21,22,24)/t18-/m1/s1. The van der Waals surface area contributed by atoms with Crippen molar-refractivity contribution in [2.45, 2.75) is 19.4 Å². The highest BCUT2D eigenvalue weighted by Gasteiger charge is 2.16. The molecule has 0 aromatic heterocycles. The lowest BCUT2D eigenvalue weighted by atomic mass is 9.97. The number of benzene rings is 2. The van der Waals surface area contributed by atoms with Gasteiger partial charge in [0.25, 0.3) is 0 Å². The molecule has 0 aliphatic rings. The molecule has 2 aromatic rings. The average molecular weight is 346 g/mol. The van der Waals surface area contributed by atoms with E-state index in [9.17, 15) is 4.39 Å². The molecule has 24 heavy (non-hydrogen) atoms. The van der Waals surface area contributed by atoms with E-state index >= 15 is 0 Å². The molecule has 0 radical (unpaired) electrons. The minimum Gasteiger partial charge on any atom is -0.383 e. The number of ether oxygens (including phenoxy) is 1. The first-order chi connectivity index (χ1) is 11.6. The van der Waals surface area contributed by atoms with E-state index in [4.69, 9.17) is 17.0 Å². The van der Waals surface area contributed by atoms with E-state index in [2.05, 4.69) is 41.8 Å². The molecular formula is C19H23FN2OS. The van der Waals surface area contributed by atoms with Crippen molar-refractivity contribution in [2.75, 3.05) is 20.3 Å². The summed E-state index contributed by atoms with van der Waals surface area (Å²) in [5, 5.41) is 6.88. The molecule has 0 fully saturated rings. The minimum absolute atomic E-state index is 0.214. The second-order valence-corrected chi connectivity index (χ2v) is 5.88. The van der Waals surface area contributed by atoms with Crippen molar-refractivity contribution in [3.05, 3.63) is 71.0 Å². The van der Waals surface area contributed by atoms with Crippen LogP contribution >= 0.6 is 12.2 Å². The lowest BCUT2D eigenvalue weighted by Crippen LogP contribution is -2.39. The molecule has 3 nitrogen and oxygen atoms in total. The lowest BCUT2D eigenvalue weighted by Gasteiger charge is -2.22. The Bertz CT molecular complexity index is 661. The Labute approximate surface area is 148 Å². The average Bonchev–Trinajstić information content (AvgIpc) is 2.60. The van der Waals surface area contributed by atoms with Crippen LogP contribution in [0.2, 0.25) is 0 Å². The molecule has 0 bridgehead atoms. The molecule has 0 spiro atoms. The molecule has 0 saturated carbocycles. The smallest absolute Gasteiger partial charge is 0.167 e. The zero-order valence-electron chi connectivity index (χ0n) is 14.0. The Morgan fingerprint density at radius 3 is 2.54 bits per heavy atom. The van der Waals surface area contributed by atoms with Gasteiger partial charge in [-0.1, -0.05) is 43.3 Å². The van der Waals surface area contributed by atoms with Crippen molar-refractivity contribution in [3.8, 4) is 0 Å². The highest BCUT2D eigenvalue weighted by Crippen LogP contribution is 2.23. The number of methoxy groups -OCH3 is 1. The van der Waals surface area contributed by atoms with Crippen LogP contribution in [0.3, 0.4) is 0 Å². The second-order valence-electron chi connectivity index (χ2n) is 5.48. The minimum atomic E-state index is -0.261. The second kappa shape index (κ2) is 9.35. The quantitative estimate of drug-likeness (QED) is 0.593. The maximum atomic E-state index is 13.7. The van der Waals surface area contributed by atoms with Gasteiger partial charge >= 0.3 is 0 Å². The van der Waals surface area contributed by atoms with Crippen LogP contribution < -0.4 is 10.6 Å². The van der Waals surface area contributed by atoms with Gasteiger partial charge < -0.3 is 15.4 Å². The van der Waals surface area contributed by atoms with Crippen LogP contribution in [-0.4, -0.2) is 25.4 Å². The predicted octanol–water partition coefficient (Wildman–Crippen LogP) is 3.59. The Morgan fingerprint density at radius 1 is 1.17 bits per heavy atom. The molecule has 0 heterocycles. The molecule has 0 amide bonds. The zero-order chi connectivity index (χ0) is 17.4. The molecule has 0 aliphatic heterocycles. The van der Waals surface area contributed by atoms with Crippen molar-refractivity contribution in [1.82, 2.24) is 10.6 Å². The van der Waals surface area contributed by atoms with Gasteiger partial charge in [-0.25, -0.2) is 4.39 Å². The highest BCUT2D eigenvalue weighted by atomic mass is 32.1. The Kier molecular flexibility index (Phi) is 7.15. The summed E-state index contributed by atoms with van der Waals surface area (Å²) in [6.45, 7) is 3.30. The molecule has 2 aromatic carbocycles. The van der Waals surface area contributed by atoms with Crippen LogP contribution in [0.15, 0.2) is 48.5 Å². The van der Waals surface area contributed by atoms with Gasteiger partial charge in [-0.2, -0.15) is 0 Å². The topological polar surface area (TPSA) is 33.3 Å². The van der Waals surface area contributed by atoms with Crippen LogP contribution in [-0.2, 0) is 11.2 Å². The van der Waals surface area contributed by atoms with Crippen molar-refractivity contribution in [1.29, 1.82) is 0 Å². The van der Waals surface area contributed by atoms with Gasteiger partial charge in [0.2, 0.25) is 0 Å². The van der Waals surface area contributed by atoms with E-state index < -0.39 is 0 Å². The van der Waals surface area contributed by atoms with E-state index in [1.807, 2.05) is 6.07 Å². The first-order valence-corrected chi connectivity index (χ1v) is 8.42. The molecule has 128 valence electrons. The van der Waals surface area contributed by atoms with E-state index in [1.54, 1.807) is 13.2 Å². The Morgan fingerprint density at radius 2 is 1.92 bits per heavy atom. The summed E-state index contributed by atoms with van der Waals surface area (Å²) in [5.41, 5.74) is 3.13. The van der Waals surface area contributed by atoms with Crippen LogP contribution in [0.25, 0.3) is 0 Å². The maximum absolute atomic E-state index is 13.7. The number of nitrogens with one attached hydrogen (secondary N) is 2. The van der Waals surface area contributed by atoms with Gasteiger partial charge in [-0.05, 0) is 47.5 Å². The molecule has 2 rings (SSSR count). The maximum Gasteiger partial charge on any atom is 0.167 e. The molecule has 2 N–H and O–H groups in total. The van der Waals surface area contributed by atoms with Gasteiger partial charge in [-0.3, -0.25) is 0 Å². The van der Waals surface area contributed by atoms with E-state index in [0.29, 0.717) is 18.3 Å². The molecule has 0 aliphatic carbocycles. The van der Waals surface area contributed by atoms with Crippen LogP contribution in [0.5, 0.6) is 0 Å². The number of hydrogen-bond acceptors (Lipinski definition) is 2.